The van der Waals surface area contributed by atoms with Gasteiger partial charge in [-0.05, 0) is 50.1 Å². The normalized spacial score (nSPS) is 14.2. The fourth-order valence-corrected chi connectivity index (χ4v) is 4.86. The molecule has 0 bridgehead atoms. The van der Waals surface area contributed by atoms with Gasteiger partial charge in [-0.1, -0.05) is 25.8 Å². The van der Waals surface area contributed by atoms with Gasteiger partial charge in [0.25, 0.3) is 5.56 Å². The molecular weight excluding hydrogens is 430 g/mol. The largest absolute Gasteiger partial charge is 0.506 e. The average Bonchev–Trinajstić information content (AvgIpc) is 3.36. The van der Waals surface area contributed by atoms with Crippen molar-refractivity contribution < 1.29 is 15.0 Å². The van der Waals surface area contributed by atoms with Gasteiger partial charge in [0.1, 0.15) is 5.75 Å². The van der Waals surface area contributed by atoms with Crippen LogP contribution in [0.25, 0.3) is 22.2 Å². The van der Waals surface area contributed by atoms with Gasteiger partial charge in [-0.2, -0.15) is 0 Å². The quantitative estimate of drug-likeness (QED) is 0.510. The maximum absolute atomic E-state index is 12.3. The monoisotopic (exact) mass is 459 g/mol. The van der Waals surface area contributed by atoms with E-state index in [1.54, 1.807) is 0 Å². The molecule has 1 fully saturated rings. The zero-order valence-corrected chi connectivity index (χ0v) is 19.5. The number of pyridine rings is 1. The third kappa shape index (κ3) is 4.14. The minimum atomic E-state index is -1.44. The van der Waals surface area contributed by atoms with E-state index in [4.69, 9.17) is 0 Å². The highest BCUT2D eigenvalue weighted by Crippen LogP contribution is 2.32. The number of aromatic nitrogens is 2. The lowest BCUT2D eigenvalue weighted by Crippen LogP contribution is -2.29. The van der Waals surface area contributed by atoms with Crippen LogP contribution < -0.4 is 5.56 Å². The second-order valence-electron chi connectivity index (χ2n) is 8.51. The van der Waals surface area contributed by atoms with Gasteiger partial charge in [-0.15, -0.1) is 12.4 Å². The first-order chi connectivity index (χ1) is 14.8. The predicted octanol–water partition coefficient (Wildman–Crippen LogP) is 4.30. The number of aromatic hydroxyl groups is 1. The van der Waals surface area contributed by atoms with Gasteiger partial charge in [-0.3, -0.25) is 9.69 Å². The molecule has 0 amide bonds. The second-order valence-corrected chi connectivity index (χ2v) is 8.51. The summed E-state index contributed by atoms with van der Waals surface area (Å²) in [5, 5.41) is 20.7. The van der Waals surface area contributed by atoms with Gasteiger partial charge in [0, 0.05) is 41.8 Å². The summed E-state index contributed by atoms with van der Waals surface area (Å²) in [5.41, 5.74) is 2.52. The molecule has 8 heteroatoms. The van der Waals surface area contributed by atoms with E-state index in [0.717, 1.165) is 23.0 Å². The zero-order valence-electron chi connectivity index (χ0n) is 18.6. The summed E-state index contributed by atoms with van der Waals surface area (Å²) in [6, 6.07) is 8.69. The molecule has 3 aromatic rings. The highest BCUT2D eigenvalue weighted by Gasteiger charge is 2.23. The molecule has 0 aliphatic heterocycles. The summed E-state index contributed by atoms with van der Waals surface area (Å²) in [5.74, 6) is -1.89. The third-order valence-corrected chi connectivity index (χ3v) is 6.65. The van der Waals surface area contributed by atoms with Gasteiger partial charge in [0.15, 0.2) is 5.56 Å². The van der Waals surface area contributed by atoms with E-state index in [-0.39, 0.29) is 12.4 Å². The van der Waals surface area contributed by atoms with Crippen LogP contribution in [-0.2, 0) is 20.0 Å². The third-order valence-electron chi connectivity index (χ3n) is 6.65. The predicted molar refractivity (Wildman–Crippen MR) is 128 cm³/mol. The molecule has 0 saturated heterocycles. The Morgan fingerprint density at radius 1 is 1.25 bits per heavy atom. The van der Waals surface area contributed by atoms with Crippen LogP contribution in [0.3, 0.4) is 0 Å². The highest BCUT2D eigenvalue weighted by molar-refractivity contribution is 5.92. The van der Waals surface area contributed by atoms with Crippen molar-refractivity contribution in [3.63, 3.8) is 0 Å². The number of carboxylic acid groups (broad SMARTS) is 1. The van der Waals surface area contributed by atoms with Gasteiger partial charge >= 0.3 is 5.97 Å². The molecule has 1 aromatic carbocycles. The Balaban J connectivity index is 0.00000289. The summed E-state index contributed by atoms with van der Waals surface area (Å²) in [6.45, 7) is 2.69. The van der Waals surface area contributed by atoms with Crippen LogP contribution in [0.4, 0.5) is 0 Å². The lowest BCUT2D eigenvalue weighted by Gasteiger charge is -2.24. The Morgan fingerprint density at radius 2 is 1.94 bits per heavy atom. The Kier molecular flexibility index (Phi) is 7.00. The van der Waals surface area contributed by atoms with Gasteiger partial charge in [0.2, 0.25) is 0 Å². The number of carboxylic acids is 1. The van der Waals surface area contributed by atoms with Crippen molar-refractivity contribution in [2.75, 3.05) is 7.05 Å². The zero-order chi connectivity index (χ0) is 22.3. The van der Waals surface area contributed by atoms with E-state index in [1.165, 1.54) is 31.4 Å². The number of rotatable bonds is 6. The maximum atomic E-state index is 12.3. The molecule has 1 saturated carbocycles. The summed E-state index contributed by atoms with van der Waals surface area (Å²) < 4.78 is 2.19. The highest BCUT2D eigenvalue weighted by atomic mass is 35.5. The summed E-state index contributed by atoms with van der Waals surface area (Å²) in [7, 11) is 4.25. The molecular formula is C24H30ClN3O4. The van der Waals surface area contributed by atoms with Crippen LogP contribution >= 0.6 is 12.4 Å². The number of aryl methyl sites for hydroxylation is 1. The molecule has 172 valence electrons. The van der Waals surface area contributed by atoms with Crippen molar-refractivity contribution in [3.05, 3.63) is 51.4 Å². The van der Waals surface area contributed by atoms with E-state index >= 15 is 0 Å². The molecule has 4 rings (SSSR count). The molecule has 7 nitrogen and oxygen atoms in total. The number of nitrogens with zero attached hydrogens (tertiary/aromatic N) is 2. The fourth-order valence-electron chi connectivity index (χ4n) is 4.86. The Labute approximate surface area is 193 Å². The minimum absolute atomic E-state index is 0. The van der Waals surface area contributed by atoms with Crippen LogP contribution in [-0.4, -0.2) is 43.7 Å². The SMILES string of the molecule is CCc1c(-c2ccc3c(c2)cc(CN(C)C2CCCC2)n3C)[nH]c(=O)c(C(=O)O)c1O.Cl. The van der Waals surface area contributed by atoms with E-state index in [9.17, 15) is 19.8 Å². The Hall–Kier alpha value is -2.77. The number of halogens is 1. The lowest BCUT2D eigenvalue weighted by atomic mass is 9.99. The molecule has 3 N–H and O–H groups in total. The first-order valence-electron chi connectivity index (χ1n) is 10.8. The average molecular weight is 460 g/mol. The molecule has 0 atom stereocenters. The first kappa shape index (κ1) is 23.9. The summed E-state index contributed by atoms with van der Waals surface area (Å²) in [4.78, 5) is 28.8. The van der Waals surface area contributed by atoms with Crippen molar-refractivity contribution in [3.8, 4) is 17.0 Å². The van der Waals surface area contributed by atoms with Crippen molar-refractivity contribution >= 4 is 29.3 Å². The van der Waals surface area contributed by atoms with E-state index in [2.05, 4.69) is 34.6 Å². The van der Waals surface area contributed by atoms with E-state index in [1.807, 2.05) is 25.1 Å². The summed E-state index contributed by atoms with van der Waals surface area (Å²) in [6.07, 6.45) is 5.52. The van der Waals surface area contributed by atoms with Gasteiger partial charge in [-0.25, -0.2) is 4.79 Å². The molecule has 1 aliphatic rings. The van der Waals surface area contributed by atoms with Crippen molar-refractivity contribution in [2.45, 2.75) is 51.6 Å². The second kappa shape index (κ2) is 9.38. The number of H-pyrrole nitrogens is 1. The molecule has 0 unspecified atom stereocenters. The smallest absolute Gasteiger partial charge is 0.345 e. The molecule has 32 heavy (non-hydrogen) atoms. The van der Waals surface area contributed by atoms with Gasteiger partial charge < -0.3 is 19.8 Å². The van der Waals surface area contributed by atoms with Crippen molar-refractivity contribution in [1.29, 1.82) is 0 Å². The number of hydrogen-bond donors (Lipinski definition) is 3. The number of hydrogen-bond acceptors (Lipinski definition) is 4. The van der Waals surface area contributed by atoms with E-state index in [0.29, 0.717) is 23.7 Å². The molecule has 0 spiro atoms. The lowest BCUT2D eigenvalue weighted by molar-refractivity contribution is 0.0691. The fraction of sp³-hybridized carbons (Fsp3) is 0.417. The molecule has 2 aromatic heterocycles. The maximum Gasteiger partial charge on any atom is 0.345 e. The molecule has 0 radical (unpaired) electrons. The number of nitrogens with one attached hydrogen (secondary N) is 1. The minimum Gasteiger partial charge on any atom is -0.506 e. The topological polar surface area (TPSA) is 98.6 Å². The number of benzene rings is 1. The number of carbonyl (C=O) groups is 1. The van der Waals surface area contributed by atoms with E-state index < -0.39 is 22.8 Å². The molecule has 2 heterocycles. The number of aromatic carboxylic acids is 1. The van der Waals surface area contributed by atoms with Crippen LogP contribution in [0.1, 0.15) is 54.2 Å². The number of aromatic amines is 1. The van der Waals surface area contributed by atoms with Crippen molar-refractivity contribution in [2.24, 2.45) is 7.05 Å². The van der Waals surface area contributed by atoms with Crippen LogP contribution in [0.2, 0.25) is 0 Å². The summed E-state index contributed by atoms with van der Waals surface area (Å²) >= 11 is 0. The standard InChI is InChI=1S/C24H29N3O4.ClH/c1-4-18-21(25-23(29)20(22(18)28)24(30)31)14-9-10-19-15(11-14)12-17(27(19)3)13-26(2)16-7-5-6-8-16;/h9-12,16H,4-8,13H2,1-3H3,(H,30,31)(H2,25,28,29);1H. The van der Waals surface area contributed by atoms with Gasteiger partial charge in [0.05, 0.1) is 5.69 Å². The van der Waals surface area contributed by atoms with Crippen LogP contribution in [0.15, 0.2) is 29.1 Å². The molecule has 1 aliphatic carbocycles. The van der Waals surface area contributed by atoms with Crippen molar-refractivity contribution in [1.82, 2.24) is 14.5 Å². The number of fused-ring (bicyclic) bond motifs is 1. The Bertz CT molecular complexity index is 1210. The Morgan fingerprint density at radius 3 is 2.56 bits per heavy atom. The van der Waals surface area contributed by atoms with Crippen LogP contribution in [0, 0.1) is 0 Å². The first-order valence-corrected chi connectivity index (χ1v) is 10.8. The van der Waals surface area contributed by atoms with Crippen LogP contribution in [0.5, 0.6) is 5.75 Å².